The van der Waals surface area contributed by atoms with Crippen molar-refractivity contribution in [1.82, 2.24) is 15.3 Å². The molecule has 3 rings (SSSR count). The lowest BCUT2D eigenvalue weighted by atomic mass is 9.54. The van der Waals surface area contributed by atoms with Crippen molar-refractivity contribution in [3.63, 3.8) is 0 Å². The van der Waals surface area contributed by atoms with E-state index < -0.39 is 22.8 Å². The Bertz CT molecular complexity index is 898. The Morgan fingerprint density at radius 1 is 1.29 bits per heavy atom. The van der Waals surface area contributed by atoms with Gasteiger partial charge >= 0.3 is 5.97 Å². The number of hydrogen-bond donors (Lipinski definition) is 2. The number of aliphatic carboxylic acids is 1. The highest BCUT2D eigenvalue weighted by atomic mass is 16.5. The lowest BCUT2D eigenvalue weighted by Gasteiger charge is -2.58. The number of nitrogens with zero attached hydrogens (tertiary/aromatic N) is 2. The van der Waals surface area contributed by atoms with Crippen LogP contribution in [-0.2, 0) is 9.53 Å². The molecule has 1 saturated carbocycles. The van der Waals surface area contributed by atoms with Gasteiger partial charge in [-0.3, -0.25) is 4.79 Å². The predicted octanol–water partition coefficient (Wildman–Crippen LogP) is 2.84. The summed E-state index contributed by atoms with van der Waals surface area (Å²) in [6.45, 7) is 7.67. The third-order valence-electron chi connectivity index (χ3n) is 5.71. The summed E-state index contributed by atoms with van der Waals surface area (Å²) in [5.41, 5.74) is -0.543. The van der Waals surface area contributed by atoms with Crippen LogP contribution in [-0.4, -0.2) is 45.2 Å². The fourth-order valence-electron chi connectivity index (χ4n) is 3.71. The molecule has 1 heterocycles. The van der Waals surface area contributed by atoms with Crippen LogP contribution < -0.4 is 5.32 Å². The maximum absolute atomic E-state index is 12.9. The van der Waals surface area contributed by atoms with Crippen LogP contribution in [0.2, 0.25) is 0 Å². The molecule has 7 nitrogen and oxygen atoms in total. The van der Waals surface area contributed by atoms with Crippen molar-refractivity contribution in [3.8, 4) is 11.4 Å². The summed E-state index contributed by atoms with van der Waals surface area (Å²) in [5, 5.41) is 12.6. The highest BCUT2D eigenvalue weighted by Crippen LogP contribution is 2.51. The first kappa shape index (κ1) is 19.9. The topological polar surface area (TPSA) is 101 Å². The van der Waals surface area contributed by atoms with E-state index in [1.807, 2.05) is 37.3 Å². The van der Waals surface area contributed by atoms with Gasteiger partial charge in [-0.05, 0) is 13.8 Å². The van der Waals surface area contributed by atoms with Gasteiger partial charge in [0, 0.05) is 30.2 Å². The fourth-order valence-corrected chi connectivity index (χ4v) is 3.71. The van der Waals surface area contributed by atoms with Crippen LogP contribution in [0.3, 0.4) is 0 Å². The van der Waals surface area contributed by atoms with Gasteiger partial charge in [-0.2, -0.15) is 0 Å². The highest BCUT2D eigenvalue weighted by Gasteiger charge is 2.66. The monoisotopic (exact) mass is 383 g/mol. The molecule has 0 spiro atoms. The smallest absolute Gasteiger partial charge is 0.330 e. The molecule has 0 aliphatic heterocycles. The van der Waals surface area contributed by atoms with Crippen molar-refractivity contribution in [1.29, 1.82) is 0 Å². The summed E-state index contributed by atoms with van der Waals surface area (Å²) in [5.74, 6) is -1.05. The normalized spacial score (nSPS) is 22.9. The molecule has 1 aromatic carbocycles. The molecule has 1 aromatic heterocycles. The molecule has 1 amide bonds. The molecule has 7 heteroatoms. The van der Waals surface area contributed by atoms with Gasteiger partial charge in [0.05, 0.1) is 17.4 Å². The number of carboxylic acids is 1. The molecule has 2 unspecified atom stereocenters. The molecule has 28 heavy (non-hydrogen) atoms. The quantitative estimate of drug-likeness (QED) is 0.795. The van der Waals surface area contributed by atoms with Gasteiger partial charge in [0.2, 0.25) is 0 Å². The average molecular weight is 383 g/mol. The van der Waals surface area contributed by atoms with Gasteiger partial charge in [-0.15, -0.1) is 0 Å². The second-order valence-corrected chi connectivity index (χ2v) is 7.59. The number of aryl methyl sites for hydroxylation is 1. The zero-order valence-electron chi connectivity index (χ0n) is 16.5. The highest BCUT2D eigenvalue weighted by molar-refractivity contribution is 5.99. The van der Waals surface area contributed by atoms with E-state index >= 15 is 0 Å². The molecule has 148 valence electrons. The summed E-state index contributed by atoms with van der Waals surface area (Å²) < 4.78 is 5.63. The van der Waals surface area contributed by atoms with Crippen LogP contribution in [0.1, 0.15) is 43.2 Å². The van der Waals surface area contributed by atoms with E-state index in [0.717, 1.165) is 5.56 Å². The number of rotatable bonds is 6. The Labute approximate surface area is 164 Å². The molecule has 2 aromatic rings. The second kappa shape index (κ2) is 7.31. The number of carbonyl (C=O) groups excluding carboxylic acids is 1. The Morgan fingerprint density at radius 2 is 1.96 bits per heavy atom. The van der Waals surface area contributed by atoms with E-state index in [9.17, 15) is 14.7 Å². The van der Waals surface area contributed by atoms with Crippen LogP contribution in [0.15, 0.2) is 36.5 Å². The van der Waals surface area contributed by atoms with Gasteiger partial charge in [0.25, 0.3) is 5.91 Å². The van der Waals surface area contributed by atoms with Crippen LogP contribution >= 0.6 is 0 Å². The van der Waals surface area contributed by atoms with Crippen LogP contribution in [0.4, 0.5) is 0 Å². The number of hydrogen-bond acceptors (Lipinski definition) is 5. The number of ether oxygens (including phenoxy) is 1. The van der Waals surface area contributed by atoms with Crippen molar-refractivity contribution in [2.45, 2.75) is 45.8 Å². The number of nitrogens with one attached hydrogen (secondary N) is 1. The second-order valence-electron chi connectivity index (χ2n) is 7.59. The van der Waals surface area contributed by atoms with Crippen LogP contribution in [0, 0.1) is 12.3 Å². The number of aromatic nitrogens is 2. The molecule has 0 radical (unpaired) electrons. The SMILES string of the molecule is CCOC1CC(NC(=O)c2cnc(-c3ccccc3)nc2C)(C(=O)O)C1(C)C. The van der Waals surface area contributed by atoms with Gasteiger partial charge < -0.3 is 15.2 Å². The van der Waals surface area contributed by atoms with Crippen LogP contribution in [0.5, 0.6) is 0 Å². The molecule has 0 saturated heterocycles. The summed E-state index contributed by atoms with van der Waals surface area (Å²) in [6.07, 6.45) is 1.43. The third kappa shape index (κ3) is 3.16. The molecule has 1 aliphatic rings. The zero-order chi connectivity index (χ0) is 20.5. The lowest BCUT2D eigenvalue weighted by Crippen LogP contribution is -2.76. The van der Waals surface area contributed by atoms with Gasteiger partial charge in [-0.25, -0.2) is 14.8 Å². The number of benzene rings is 1. The summed E-state index contributed by atoms with van der Waals surface area (Å²) in [6, 6.07) is 9.45. The minimum absolute atomic E-state index is 0.219. The molecule has 2 atom stereocenters. The molecule has 1 fully saturated rings. The van der Waals surface area contributed by atoms with Crippen LogP contribution in [0.25, 0.3) is 11.4 Å². The lowest BCUT2D eigenvalue weighted by molar-refractivity contribution is -0.190. The van der Waals surface area contributed by atoms with Crippen molar-refractivity contribution < 1.29 is 19.4 Å². The number of carbonyl (C=O) groups is 2. The summed E-state index contributed by atoms with van der Waals surface area (Å²) >= 11 is 0. The molecule has 2 N–H and O–H groups in total. The Hall–Kier alpha value is -2.80. The van der Waals surface area contributed by atoms with Gasteiger partial charge in [0.15, 0.2) is 5.82 Å². The van der Waals surface area contributed by atoms with E-state index in [1.165, 1.54) is 6.20 Å². The summed E-state index contributed by atoms with van der Waals surface area (Å²) in [7, 11) is 0. The van der Waals surface area contributed by atoms with E-state index in [-0.39, 0.29) is 18.1 Å². The molecule has 0 bridgehead atoms. The fraction of sp³-hybridized carbons (Fsp3) is 0.429. The van der Waals surface area contributed by atoms with Crippen molar-refractivity contribution in [2.75, 3.05) is 6.61 Å². The average Bonchev–Trinajstić information content (AvgIpc) is 2.67. The van der Waals surface area contributed by atoms with Crippen molar-refractivity contribution >= 4 is 11.9 Å². The first-order valence-corrected chi connectivity index (χ1v) is 9.29. The van der Waals surface area contributed by atoms with E-state index in [1.54, 1.807) is 20.8 Å². The zero-order valence-corrected chi connectivity index (χ0v) is 16.5. The largest absolute Gasteiger partial charge is 0.479 e. The van der Waals surface area contributed by atoms with Crippen molar-refractivity contribution in [2.24, 2.45) is 5.41 Å². The maximum Gasteiger partial charge on any atom is 0.330 e. The standard InChI is InChI=1S/C21H25N3O4/c1-5-28-16-11-21(19(26)27,20(16,3)4)24-18(25)15-12-22-17(23-13(15)2)14-9-7-6-8-10-14/h6-10,12,16H,5,11H2,1-4H3,(H,24,25)(H,26,27). The Kier molecular flexibility index (Phi) is 5.21. The number of carboxylic acid groups (broad SMARTS) is 1. The first-order valence-electron chi connectivity index (χ1n) is 9.29. The minimum atomic E-state index is -1.39. The Morgan fingerprint density at radius 3 is 2.50 bits per heavy atom. The molecular formula is C21H25N3O4. The van der Waals surface area contributed by atoms with Gasteiger partial charge in [0.1, 0.15) is 5.54 Å². The van der Waals surface area contributed by atoms with E-state index in [0.29, 0.717) is 18.1 Å². The Balaban J connectivity index is 1.85. The first-order chi connectivity index (χ1) is 13.2. The third-order valence-corrected chi connectivity index (χ3v) is 5.71. The maximum atomic E-state index is 12.9. The van der Waals surface area contributed by atoms with Crippen molar-refractivity contribution in [3.05, 3.63) is 47.8 Å². The van der Waals surface area contributed by atoms with Gasteiger partial charge in [-0.1, -0.05) is 44.2 Å². The minimum Gasteiger partial charge on any atom is -0.479 e. The molecule has 1 aliphatic carbocycles. The number of amides is 1. The molecular weight excluding hydrogens is 358 g/mol. The van der Waals surface area contributed by atoms with E-state index in [2.05, 4.69) is 15.3 Å². The predicted molar refractivity (Wildman–Crippen MR) is 104 cm³/mol. The summed E-state index contributed by atoms with van der Waals surface area (Å²) in [4.78, 5) is 33.6. The van der Waals surface area contributed by atoms with E-state index in [4.69, 9.17) is 4.74 Å².